The lowest BCUT2D eigenvalue weighted by Crippen LogP contribution is -2.15. The van der Waals surface area contributed by atoms with Gasteiger partial charge in [0.25, 0.3) is 0 Å². The van der Waals surface area contributed by atoms with Crippen LogP contribution in [0.3, 0.4) is 0 Å². The Kier molecular flexibility index (Phi) is 28.9. The van der Waals surface area contributed by atoms with Crippen LogP contribution in [0.25, 0.3) is 0 Å². The molecule has 0 radical (unpaired) electrons. The summed E-state index contributed by atoms with van der Waals surface area (Å²) in [6, 6.07) is 0. The van der Waals surface area contributed by atoms with E-state index in [1.165, 1.54) is 12.8 Å². The number of carbonyl (C=O) groups excluding carboxylic acids is 1. The molecule has 202 valence electrons. The van der Waals surface area contributed by atoms with Gasteiger partial charge in [-0.15, -0.1) is 0 Å². The third-order valence-electron chi connectivity index (χ3n) is 4.13. The van der Waals surface area contributed by atoms with Gasteiger partial charge in [-0.1, -0.05) is 26.3 Å². The van der Waals surface area contributed by atoms with Gasteiger partial charge < -0.3 is 42.6 Å². The summed E-state index contributed by atoms with van der Waals surface area (Å²) in [5.74, 6) is -0.453. The Hall–Kier alpha value is -1.11. The molecule has 10 nitrogen and oxygen atoms in total. The molecule has 0 aromatic rings. The number of rotatable bonds is 29. The molecular formula is C24H46O10. The molecule has 0 aromatic heterocycles. The van der Waals surface area contributed by atoms with Crippen molar-refractivity contribution in [2.45, 2.75) is 26.2 Å². The van der Waals surface area contributed by atoms with Crippen LogP contribution in [0.4, 0.5) is 0 Å². The third-order valence-corrected chi connectivity index (χ3v) is 4.13. The SMILES string of the molecule is C=CC(=O)OCCOCCOCCOCCOCCOCCOCCOCCOCCCCC. The fourth-order valence-electron chi connectivity index (χ4n) is 2.36. The minimum atomic E-state index is -0.453. The van der Waals surface area contributed by atoms with Crippen LogP contribution in [0.2, 0.25) is 0 Å². The monoisotopic (exact) mass is 494 g/mol. The normalized spacial score (nSPS) is 11.1. The van der Waals surface area contributed by atoms with Gasteiger partial charge >= 0.3 is 5.97 Å². The zero-order chi connectivity index (χ0) is 24.8. The van der Waals surface area contributed by atoms with Crippen LogP contribution in [0.1, 0.15) is 26.2 Å². The fourth-order valence-corrected chi connectivity index (χ4v) is 2.36. The van der Waals surface area contributed by atoms with E-state index in [4.69, 9.17) is 42.6 Å². The van der Waals surface area contributed by atoms with Crippen LogP contribution >= 0.6 is 0 Å². The Labute approximate surface area is 205 Å². The highest BCUT2D eigenvalue weighted by molar-refractivity contribution is 5.81. The Morgan fingerprint density at radius 2 is 0.794 bits per heavy atom. The number of unbranched alkanes of at least 4 members (excludes halogenated alkanes) is 2. The summed E-state index contributed by atoms with van der Waals surface area (Å²) >= 11 is 0. The highest BCUT2D eigenvalue weighted by Crippen LogP contribution is 1.94. The van der Waals surface area contributed by atoms with Gasteiger partial charge in [0.2, 0.25) is 0 Å². The molecule has 0 spiro atoms. The first-order valence-corrected chi connectivity index (χ1v) is 12.2. The maximum Gasteiger partial charge on any atom is 0.330 e. The number of esters is 1. The first-order valence-electron chi connectivity index (χ1n) is 12.2. The number of carbonyl (C=O) groups is 1. The van der Waals surface area contributed by atoms with Crippen molar-refractivity contribution < 1.29 is 47.4 Å². The zero-order valence-electron chi connectivity index (χ0n) is 21.0. The van der Waals surface area contributed by atoms with Gasteiger partial charge in [0.15, 0.2) is 0 Å². The van der Waals surface area contributed by atoms with Crippen LogP contribution in [-0.4, -0.2) is 118 Å². The van der Waals surface area contributed by atoms with Crippen LogP contribution in [0.5, 0.6) is 0 Å². The summed E-state index contributed by atoms with van der Waals surface area (Å²) in [6.45, 7) is 14.2. The fraction of sp³-hybridized carbons (Fsp3) is 0.875. The van der Waals surface area contributed by atoms with E-state index >= 15 is 0 Å². The molecule has 0 saturated carbocycles. The predicted molar refractivity (Wildman–Crippen MR) is 127 cm³/mol. The quantitative estimate of drug-likeness (QED) is 0.0872. The van der Waals surface area contributed by atoms with Gasteiger partial charge in [0.05, 0.1) is 99.1 Å². The second kappa shape index (κ2) is 29.9. The summed E-state index contributed by atoms with van der Waals surface area (Å²) in [5.41, 5.74) is 0. The zero-order valence-corrected chi connectivity index (χ0v) is 21.0. The van der Waals surface area contributed by atoms with Crippen LogP contribution < -0.4 is 0 Å². The van der Waals surface area contributed by atoms with Gasteiger partial charge in [-0.3, -0.25) is 0 Å². The molecule has 0 fully saturated rings. The lowest BCUT2D eigenvalue weighted by atomic mass is 10.3. The maximum absolute atomic E-state index is 10.8. The number of hydrogen-bond acceptors (Lipinski definition) is 10. The van der Waals surface area contributed by atoms with Gasteiger partial charge in [-0.25, -0.2) is 4.79 Å². The second-order valence-electron chi connectivity index (χ2n) is 6.98. The molecule has 0 rings (SSSR count). The van der Waals surface area contributed by atoms with Crippen molar-refractivity contribution in [1.29, 1.82) is 0 Å². The van der Waals surface area contributed by atoms with Gasteiger partial charge in [0.1, 0.15) is 6.61 Å². The molecule has 10 heteroatoms. The summed E-state index contributed by atoms with van der Waals surface area (Å²) in [4.78, 5) is 10.8. The standard InChI is InChI=1S/C24H46O10/c1-3-5-6-7-26-8-9-27-10-11-28-12-13-29-14-15-30-16-17-31-18-19-32-20-21-33-22-23-34-24(25)4-2/h4H,2-3,5-23H2,1H3. The molecule has 0 aliphatic rings. The van der Waals surface area contributed by atoms with Crippen LogP contribution in [0.15, 0.2) is 12.7 Å². The van der Waals surface area contributed by atoms with Crippen molar-refractivity contribution >= 4 is 5.97 Å². The molecule has 0 amide bonds. The van der Waals surface area contributed by atoms with Crippen molar-refractivity contribution in [3.8, 4) is 0 Å². The number of hydrogen-bond donors (Lipinski definition) is 0. The number of ether oxygens (including phenoxy) is 9. The summed E-state index contributed by atoms with van der Waals surface area (Å²) in [6.07, 6.45) is 4.66. The van der Waals surface area contributed by atoms with E-state index in [1.807, 2.05) is 0 Å². The Morgan fingerprint density at radius 1 is 0.500 bits per heavy atom. The van der Waals surface area contributed by atoms with E-state index in [-0.39, 0.29) is 6.61 Å². The highest BCUT2D eigenvalue weighted by atomic mass is 16.6. The minimum absolute atomic E-state index is 0.206. The Balaban J connectivity index is 3.03. The van der Waals surface area contributed by atoms with E-state index in [0.717, 1.165) is 19.1 Å². The maximum atomic E-state index is 10.8. The molecule has 0 bridgehead atoms. The van der Waals surface area contributed by atoms with Crippen molar-refractivity contribution in [3.05, 3.63) is 12.7 Å². The lowest BCUT2D eigenvalue weighted by Gasteiger charge is -2.08. The van der Waals surface area contributed by atoms with Gasteiger partial charge in [-0.05, 0) is 6.42 Å². The summed E-state index contributed by atoms with van der Waals surface area (Å²) < 4.78 is 48.0. The molecule has 0 atom stereocenters. The molecule has 0 aliphatic carbocycles. The van der Waals surface area contributed by atoms with Crippen LogP contribution in [-0.2, 0) is 47.4 Å². The van der Waals surface area contributed by atoms with E-state index in [0.29, 0.717) is 99.1 Å². The van der Waals surface area contributed by atoms with Crippen LogP contribution in [0, 0.1) is 0 Å². The van der Waals surface area contributed by atoms with E-state index in [9.17, 15) is 4.79 Å². The first-order chi connectivity index (χ1) is 16.8. The topological polar surface area (TPSA) is 100 Å². The molecule has 34 heavy (non-hydrogen) atoms. The van der Waals surface area contributed by atoms with E-state index in [2.05, 4.69) is 13.5 Å². The smallest absolute Gasteiger partial charge is 0.330 e. The minimum Gasteiger partial charge on any atom is -0.460 e. The molecule has 0 aromatic carbocycles. The molecular weight excluding hydrogens is 448 g/mol. The van der Waals surface area contributed by atoms with Gasteiger partial charge in [0, 0.05) is 12.7 Å². The summed E-state index contributed by atoms with van der Waals surface area (Å²) in [5, 5.41) is 0. The van der Waals surface area contributed by atoms with Crippen molar-refractivity contribution in [3.63, 3.8) is 0 Å². The Bertz CT molecular complexity index is 423. The molecule has 0 unspecified atom stereocenters. The second-order valence-corrected chi connectivity index (χ2v) is 6.98. The average Bonchev–Trinajstić information content (AvgIpc) is 2.85. The summed E-state index contributed by atoms with van der Waals surface area (Å²) in [7, 11) is 0. The third kappa shape index (κ3) is 28.9. The Morgan fingerprint density at radius 3 is 1.09 bits per heavy atom. The van der Waals surface area contributed by atoms with E-state index < -0.39 is 5.97 Å². The highest BCUT2D eigenvalue weighted by Gasteiger charge is 1.96. The molecule has 0 saturated heterocycles. The largest absolute Gasteiger partial charge is 0.460 e. The predicted octanol–water partition coefficient (Wildman–Crippen LogP) is 2.04. The molecule has 0 N–H and O–H groups in total. The van der Waals surface area contributed by atoms with E-state index in [1.54, 1.807) is 0 Å². The van der Waals surface area contributed by atoms with Gasteiger partial charge in [-0.2, -0.15) is 0 Å². The average molecular weight is 495 g/mol. The van der Waals surface area contributed by atoms with Crippen molar-refractivity contribution in [2.24, 2.45) is 0 Å². The molecule has 0 aliphatic heterocycles. The molecule has 0 heterocycles. The lowest BCUT2D eigenvalue weighted by molar-refractivity contribution is -0.139. The van der Waals surface area contributed by atoms with Crippen molar-refractivity contribution in [1.82, 2.24) is 0 Å². The first kappa shape index (κ1) is 32.9. The van der Waals surface area contributed by atoms with Crippen molar-refractivity contribution in [2.75, 3.05) is 112 Å².